The third-order valence-corrected chi connectivity index (χ3v) is 3.92. The van der Waals surface area contributed by atoms with Crippen LogP contribution in [0.5, 0.6) is 0 Å². The molecule has 0 fully saturated rings. The fourth-order valence-corrected chi connectivity index (χ4v) is 2.63. The van der Waals surface area contributed by atoms with Crippen molar-refractivity contribution in [3.63, 3.8) is 0 Å². The zero-order chi connectivity index (χ0) is 14.7. The molecule has 1 aromatic carbocycles. The van der Waals surface area contributed by atoms with E-state index in [0.29, 0.717) is 0 Å². The van der Waals surface area contributed by atoms with E-state index in [1.165, 1.54) is 0 Å². The van der Waals surface area contributed by atoms with Gasteiger partial charge in [0.15, 0.2) is 0 Å². The minimum atomic E-state index is 0.152. The Hall–Kier alpha value is -1.85. The van der Waals surface area contributed by atoms with E-state index in [2.05, 4.69) is 42.3 Å². The van der Waals surface area contributed by atoms with Crippen molar-refractivity contribution in [1.82, 2.24) is 20.3 Å². The molecule has 21 heavy (non-hydrogen) atoms. The Morgan fingerprint density at radius 1 is 1.10 bits per heavy atom. The van der Waals surface area contributed by atoms with Crippen molar-refractivity contribution in [1.29, 1.82) is 0 Å². The first-order valence-corrected chi connectivity index (χ1v) is 7.54. The van der Waals surface area contributed by atoms with Crippen LogP contribution in [0.2, 0.25) is 0 Å². The van der Waals surface area contributed by atoms with E-state index in [9.17, 15) is 0 Å². The Morgan fingerprint density at radius 2 is 1.95 bits per heavy atom. The van der Waals surface area contributed by atoms with Crippen LogP contribution in [0.1, 0.15) is 17.3 Å². The molecular weight excluding hydrogens is 328 g/mol. The average molecular weight is 343 g/mol. The Labute approximate surface area is 131 Å². The molecule has 1 unspecified atom stereocenters. The molecule has 0 saturated carbocycles. The number of halogens is 1. The summed E-state index contributed by atoms with van der Waals surface area (Å²) in [6.45, 7) is 0. The number of likely N-dealkylation sites (N-methyl/N-ethyl adjacent to an activating group) is 1. The van der Waals surface area contributed by atoms with Gasteiger partial charge in [0, 0.05) is 41.2 Å². The van der Waals surface area contributed by atoms with Crippen molar-refractivity contribution in [3.05, 3.63) is 64.7 Å². The van der Waals surface area contributed by atoms with E-state index in [1.807, 2.05) is 37.5 Å². The average Bonchev–Trinajstić information content (AvgIpc) is 2.54. The van der Waals surface area contributed by atoms with Crippen LogP contribution in [0.15, 0.2) is 53.4 Å². The van der Waals surface area contributed by atoms with Gasteiger partial charge in [0.1, 0.15) is 0 Å². The normalized spacial score (nSPS) is 12.5. The van der Waals surface area contributed by atoms with E-state index in [4.69, 9.17) is 0 Å². The van der Waals surface area contributed by atoms with Gasteiger partial charge in [-0.3, -0.25) is 15.0 Å². The first kappa shape index (κ1) is 14.1. The van der Waals surface area contributed by atoms with Gasteiger partial charge < -0.3 is 5.32 Å². The Morgan fingerprint density at radius 3 is 2.71 bits per heavy atom. The highest BCUT2D eigenvalue weighted by Crippen LogP contribution is 2.24. The quantitative estimate of drug-likeness (QED) is 0.790. The molecule has 0 aliphatic rings. The van der Waals surface area contributed by atoms with Crippen molar-refractivity contribution in [2.24, 2.45) is 0 Å². The number of benzene rings is 1. The maximum absolute atomic E-state index is 4.48. The van der Waals surface area contributed by atoms with Gasteiger partial charge in [0.25, 0.3) is 0 Å². The second-order valence-electron chi connectivity index (χ2n) is 4.78. The van der Waals surface area contributed by atoms with Crippen LogP contribution in [0.25, 0.3) is 11.0 Å². The summed E-state index contributed by atoms with van der Waals surface area (Å²) in [4.78, 5) is 13.3. The molecule has 0 amide bonds. The number of hydrogen-bond acceptors (Lipinski definition) is 4. The van der Waals surface area contributed by atoms with Crippen molar-refractivity contribution in [2.75, 3.05) is 7.05 Å². The van der Waals surface area contributed by atoms with Crippen molar-refractivity contribution in [3.8, 4) is 0 Å². The Bertz CT molecular complexity index is 737. The maximum atomic E-state index is 4.48. The third kappa shape index (κ3) is 3.09. The van der Waals surface area contributed by atoms with Gasteiger partial charge in [-0.25, -0.2) is 0 Å². The number of para-hydroxylation sites is 1. The van der Waals surface area contributed by atoms with Crippen LogP contribution >= 0.6 is 15.9 Å². The van der Waals surface area contributed by atoms with E-state index in [-0.39, 0.29) is 6.04 Å². The van der Waals surface area contributed by atoms with E-state index >= 15 is 0 Å². The van der Waals surface area contributed by atoms with Gasteiger partial charge >= 0.3 is 0 Å². The highest BCUT2D eigenvalue weighted by molar-refractivity contribution is 9.10. The monoisotopic (exact) mass is 342 g/mol. The molecule has 3 aromatic rings. The highest BCUT2D eigenvalue weighted by atomic mass is 79.9. The van der Waals surface area contributed by atoms with Gasteiger partial charge in [-0.15, -0.1) is 0 Å². The lowest BCUT2D eigenvalue weighted by Gasteiger charge is -2.17. The number of nitrogens with zero attached hydrogens (tertiary/aromatic N) is 3. The summed E-state index contributed by atoms with van der Waals surface area (Å²) in [6, 6.07) is 10.3. The molecular formula is C16H15BrN4. The van der Waals surface area contributed by atoms with Gasteiger partial charge in [-0.2, -0.15) is 0 Å². The summed E-state index contributed by atoms with van der Waals surface area (Å²) in [5, 5.41) is 3.35. The number of nitrogens with one attached hydrogen (secondary N) is 1. The van der Waals surface area contributed by atoms with Crippen LogP contribution < -0.4 is 5.32 Å². The van der Waals surface area contributed by atoms with E-state index in [0.717, 1.165) is 33.2 Å². The highest BCUT2D eigenvalue weighted by Gasteiger charge is 2.15. The molecule has 0 aliphatic carbocycles. The Kier molecular flexibility index (Phi) is 4.22. The molecule has 5 heteroatoms. The fraction of sp³-hybridized carbons (Fsp3) is 0.188. The largest absolute Gasteiger partial charge is 0.313 e. The molecule has 1 N–H and O–H groups in total. The van der Waals surface area contributed by atoms with Crippen LogP contribution in [0.3, 0.4) is 0 Å². The molecule has 0 saturated heterocycles. The van der Waals surface area contributed by atoms with Crippen molar-refractivity contribution >= 4 is 27.0 Å². The summed E-state index contributed by atoms with van der Waals surface area (Å²) in [5.74, 6) is 0. The second-order valence-corrected chi connectivity index (χ2v) is 5.70. The van der Waals surface area contributed by atoms with Crippen LogP contribution in [-0.2, 0) is 6.42 Å². The SMILES string of the molecule is CNC(Cc1ccc(Br)cn1)c1cccc2nccnc12. The number of pyridine rings is 1. The summed E-state index contributed by atoms with van der Waals surface area (Å²) >= 11 is 3.41. The molecule has 1 atom stereocenters. The zero-order valence-corrected chi connectivity index (χ0v) is 13.2. The molecule has 0 radical (unpaired) electrons. The first-order valence-electron chi connectivity index (χ1n) is 6.75. The maximum Gasteiger partial charge on any atom is 0.0934 e. The van der Waals surface area contributed by atoms with Crippen LogP contribution in [-0.4, -0.2) is 22.0 Å². The van der Waals surface area contributed by atoms with Crippen LogP contribution in [0, 0.1) is 0 Å². The minimum Gasteiger partial charge on any atom is -0.313 e. The first-order chi connectivity index (χ1) is 10.3. The molecule has 2 aromatic heterocycles. The lowest BCUT2D eigenvalue weighted by molar-refractivity contribution is 0.587. The third-order valence-electron chi connectivity index (χ3n) is 3.46. The van der Waals surface area contributed by atoms with Crippen molar-refractivity contribution < 1.29 is 0 Å². The van der Waals surface area contributed by atoms with Gasteiger partial charge in [-0.1, -0.05) is 12.1 Å². The summed E-state index contributed by atoms with van der Waals surface area (Å²) in [6.07, 6.45) is 6.08. The predicted octanol–water partition coefficient (Wildman–Crippen LogP) is 3.29. The second kappa shape index (κ2) is 6.28. The molecule has 0 bridgehead atoms. The number of rotatable bonds is 4. The summed E-state index contributed by atoms with van der Waals surface area (Å²) in [7, 11) is 1.96. The van der Waals surface area contributed by atoms with E-state index < -0.39 is 0 Å². The lowest BCUT2D eigenvalue weighted by atomic mass is 10.00. The molecule has 106 valence electrons. The molecule has 4 nitrogen and oxygen atoms in total. The topological polar surface area (TPSA) is 50.7 Å². The van der Waals surface area contributed by atoms with Crippen LogP contribution in [0.4, 0.5) is 0 Å². The molecule has 0 spiro atoms. The molecule has 3 rings (SSSR count). The predicted molar refractivity (Wildman–Crippen MR) is 87.0 cm³/mol. The number of aromatic nitrogens is 3. The minimum absolute atomic E-state index is 0.152. The van der Waals surface area contributed by atoms with Crippen molar-refractivity contribution in [2.45, 2.75) is 12.5 Å². The standard InChI is InChI=1S/C16H15BrN4/c1-18-15(9-12-6-5-11(17)10-21-12)13-3-2-4-14-16(13)20-8-7-19-14/h2-8,10,15,18H,9H2,1H3. The van der Waals surface area contributed by atoms with Gasteiger partial charge in [0.2, 0.25) is 0 Å². The Balaban J connectivity index is 1.96. The van der Waals surface area contributed by atoms with Gasteiger partial charge in [-0.05, 0) is 46.7 Å². The lowest BCUT2D eigenvalue weighted by Crippen LogP contribution is -2.20. The number of fused-ring (bicyclic) bond motifs is 1. The number of hydrogen-bond donors (Lipinski definition) is 1. The fourth-order valence-electron chi connectivity index (χ4n) is 2.40. The smallest absolute Gasteiger partial charge is 0.0934 e. The van der Waals surface area contributed by atoms with Gasteiger partial charge in [0.05, 0.1) is 11.0 Å². The molecule has 2 heterocycles. The van der Waals surface area contributed by atoms with E-state index in [1.54, 1.807) is 12.4 Å². The zero-order valence-electron chi connectivity index (χ0n) is 11.6. The summed E-state index contributed by atoms with van der Waals surface area (Å²) in [5.41, 5.74) is 4.04. The summed E-state index contributed by atoms with van der Waals surface area (Å²) < 4.78 is 0.989. The molecule has 0 aliphatic heterocycles.